The smallest absolute Gasteiger partial charge is 0.0489 e. The van der Waals surface area contributed by atoms with E-state index in [9.17, 15) is 0 Å². The van der Waals surface area contributed by atoms with Crippen molar-refractivity contribution in [1.82, 2.24) is 9.91 Å². The second-order valence-electron chi connectivity index (χ2n) is 4.83. The monoisotopic (exact) mass is 209 g/mol. The van der Waals surface area contributed by atoms with E-state index in [2.05, 4.69) is 21.9 Å². The molecular formula is C12H23N3. The lowest BCUT2D eigenvalue weighted by Crippen LogP contribution is -2.34. The van der Waals surface area contributed by atoms with Crippen LogP contribution in [-0.4, -0.2) is 48.3 Å². The van der Waals surface area contributed by atoms with Crippen molar-refractivity contribution in [2.45, 2.75) is 39.0 Å². The van der Waals surface area contributed by atoms with Crippen LogP contribution in [0.4, 0.5) is 0 Å². The first kappa shape index (κ1) is 10.9. The first-order chi connectivity index (χ1) is 7.34. The van der Waals surface area contributed by atoms with Gasteiger partial charge in [0, 0.05) is 25.3 Å². The Bertz CT molecular complexity index is 213. The second-order valence-corrected chi connectivity index (χ2v) is 4.83. The van der Waals surface area contributed by atoms with Crippen molar-refractivity contribution in [2.24, 2.45) is 5.10 Å². The molecule has 0 aromatic rings. The quantitative estimate of drug-likeness (QED) is 0.662. The summed E-state index contributed by atoms with van der Waals surface area (Å²) in [7, 11) is 0. The molecular weight excluding hydrogens is 186 g/mol. The maximum atomic E-state index is 4.68. The first-order valence-electron chi connectivity index (χ1n) is 6.36. The molecule has 2 aliphatic rings. The number of likely N-dealkylation sites (tertiary alicyclic amines) is 1. The Morgan fingerprint density at radius 2 is 1.53 bits per heavy atom. The number of hydrogen-bond donors (Lipinski definition) is 0. The third-order valence-corrected chi connectivity index (χ3v) is 3.30. The van der Waals surface area contributed by atoms with E-state index in [-0.39, 0.29) is 0 Å². The molecule has 0 bridgehead atoms. The van der Waals surface area contributed by atoms with Crippen molar-refractivity contribution in [1.29, 1.82) is 0 Å². The van der Waals surface area contributed by atoms with Crippen LogP contribution in [0.5, 0.6) is 0 Å². The molecule has 2 saturated heterocycles. The van der Waals surface area contributed by atoms with Gasteiger partial charge in [0.25, 0.3) is 0 Å². The van der Waals surface area contributed by atoms with Gasteiger partial charge in [0.05, 0.1) is 0 Å². The van der Waals surface area contributed by atoms with Crippen LogP contribution in [0.15, 0.2) is 5.10 Å². The van der Waals surface area contributed by atoms with E-state index in [1.807, 2.05) is 0 Å². The van der Waals surface area contributed by atoms with Crippen LogP contribution in [0.3, 0.4) is 0 Å². The van der Waals surface area contributed by atoms with Gasteiger partial charge in [0.15, 0.2) is 0 Å². The molecule has 3 heteroatoms. The lowest BCUT2D eigenvalue weighted by atomic mass is 10.1. The predicted molar refractivity (Wildman–Crippen MR) is 64.2 cm³/mol. The van der Waals surface area contributed by atoms with Crippen LogP contribution < -0.4 is 0 Å². The minimum absolute atomic E-state index is 1.08. The standard InChI is InChI=1S/C12H23N3/c1-12(13-15-9-5-6-10-15)11-14-7-3-2-4-8-14/h2-11H2,1H3/b13-12+. The molecule has 0 aromatic heterocycles. The molecule has 15 heavy (non-hydrogen) atoms. The minimum Gasteiger partial charge on any atom is -0.298 e. The van der Waals surface area contributed by atoms with Gasteiger partial charge in [-0.1, -0.05) is 6.42 Å². The molecule has 2 aliphatic heterocycles. The fourth-order valence-corrected chi connectivity index (χ4v) is 2.51. The third-order valence-electron chi connectivity index (χ3n) is 3.30. The van der Waals surface area contributed by atoms with Gasteiger partial charge in [-0.25, -0.2) is 0 Å². The highest BCUT2D eigenvalue weighted by molar-refractivity contribution is 5.83. The second kappa shape index (κ2) is 5.50. The average Bonchev–Trinajstić information content (AvgIpc) is 2.71. The van der Waals surface area contributed by atoms with Gasteiger partial charge in [-0.05, 0) is 45.7 Å². The van der Waals surface area contributed by atoms with E-state index in [0.29, 0.717) is 0 Å². The molecule has 0 radical (unpaired) electrons. The van der Waals surface area contributed by atoms with Gasteiger partial charge in [0.2, 0.25) is 0 Å². The molecule has 2 rings (SSSR count). The number of rotatable bonds is 3. The van der Waals surface area contributed by atoms with Crippen molar-refractivity contribution in [3.8, 4) is 0 Å². The van der Waals surface area contributed by atoms with E-state index in [0.717, 1.165) is 19.6 Å². The van der Waals surface area contributed by atoms with Gasteiger partial charge in [-0.2, -0.15) is 5.10 Å². The lowest BCUT2D eigenvalue weighted by molar-refractivity contribution is 0.255. The average molecular weight is 209 g/mol. The summed E-state index contributed by atoms with van der Waals surface area (Å²) in [6.45, 7) is 8.12. The van der Waals surface area contributed by atoms with Crippen molar-refractivity contribution >= 4 is 5.71 Å². The fourth-order valence-electron chi connectivity index (χ4n) is 2.51. The summed E-state index contributed by atoms with van der Waals surface area (Å²) >= 11 is 0. The Kier molecular flexibility index (Phi) is 4.01. The van der Waals surface area contributed by atoms with Crippen LogP contribution >= 0.6 is 0 Å². The van der Waals surface area contributed by atoms with E-state index >= 15 is 0 Å². The topological polar surface area (TPSA) is 18.8 Å². The van der Waals surface area contributed by atoms with Crippen LogP contribution in [0, 0.1) is 0 Å². The Morgan fingerprint density at radius 1 is 0.933 bits per heavy atom. The SMILES string of the molecule is C/C(CN1CCCCC1)=N\N1CCCC1. The minimum atomic E-state index is 1.08. The van der Waals surface area contributed by atoms with Crippen LogP contribution in [0.2, 0.25) is 0 Å². The normalized spacial score (nSPS) is 24.9. The zero-order valence-corrected chi connectivity index (χ0v) is 9.91. The summed E-state index contributed by atoms with van der Waals surface area (Å²) < 4.78 is 0. The van der Waals surface area contributed by atoms with Crippen LogP contribution in [0.1, 0.15) is 39.0 Å². The zero-order valence-electron chi connectivity index (χ0n) is 9.91. The van der Waals surface area contributed by atoms with Gasteiger partial charge < -0.3 is 0 Å². The Labute approximate surface area is 93.1 Å². The fraction of sp³-hybridized carbons (Fsp3) is 0.917. The summed E-state index contributed by atoms with van der Waals surface area (Å²) in [4.78, 5) is 2.54. The predicted octanol–water partition coefficient (Wildman–Crippen LogP) is 1.94. The zero-order chi connectivity index (χ0) is 10.5. The van der Waals surface area contributed by atoms with E-state index in [1.165, 1.54) is 50.9 Å². The summed E-state index contributed by atoms with van der Waals surface area (Å²) in [5.41, 5.74) is 1.29. The van der Waals surface area contributed by atoms with Crippen molar-refractivity contribution in [2.75, 3.05) is 32.7 Å². The van der Waals surface area contributed by atoms with Crippen LogP contribution in [0.25, 0.3) is 0 Å². The number of hydrogen-bond acceptors (Lipinski definition) is 3. The van der Waals surface area contributed by atoms with Crippen molar-refractivity contribution in [3.05, 3.63) is 0 Å². The third kappa shape index (κ3) is 3.49. The van der Waals surface area contributed by atoms with Gasteiger partial charge in [0.1, 0.15) is 0 Å². The molecule has 0 unspecified atom stereocenters. The number of piperidine rings is 1. The molecule has 0 N–H and O–H groups in total. The molecule has 3 nitrogen and oxygen atoms in total. The molecule has 0 atom stereocenters. The highest BCUT2D eigenvalue weighted by Crippen LogP contribution is 2.10. The summed E-state index contributed by atoms with van der Waals surface area (Å²) in [5.74, 6) is 0. The highest BCUT2D eigenvalue weighted by atomic mass is 15.5. The molecule has 0 saturated carbocycles. The van der Waals surface area contributed by atoms with Gasteiger partial charge in [-0.3, -0.25) is 9.91 Å². The Balaban J connectivity index is 1.76. The van der Waals surface area contributed by atoms with Gasteiger partial charge >= 0.3 is 0 Å². The van der Waals surface area contributed by atoms with Gasteiger partial charge in [-0.15, -0.1) is 0 Å². The molecule has 0 amide bonds. The highest BCUT2D eigenvalue weighted by Gasteiger charge is 2.12. The Morgan fingerprint density at radius 3 is 2.20 bits per heavy atom. The molecule has 0 spiro atoms. The molecule has 86 valence electrons. The summed E-state index contributed by atoms with van der Waals surface area (Å²) in [6, 6.07) is 0. The maximum absolute atomic E-state index is 4.68. The van der Waals surface area contributed by atoms with Crippen LogP contribution in [-0.2, 0) is 0 Å². The van der Waals surface area contributed by atoms with Crippen molar-refractivity contribution in [3.63, 3.8) is 0 Å². The van der Waals surface area contributed by atoms with E-state index < -0.39 is 0 Å². The van der Waals surface area contributed by atoms with E-state index in [4.69, 9.17) is 0 Å². The number of hydrazone groups is 1. The first-order valence-corrected chi connectivity index (χ1v) is 6.36. The molecule has 2 fully saturated rings. The largest absolute Gasteiger partial charge is 0.298 e. The lowest BCUT2D eigenvalue weighted by Gasteiger charge is -2.26. The summed E-state index contributed by atoms with van der Waals surface area (Å²) in [5, 5.41) is 6.91. The summed E-state index contributed by atoms with van der Waals surface area (Å²) in [6.07, 6.45) is 6.80. The molecule has 0 aromatic carbocycles. The molecule has 2 heterocycles. The molecule has 0 aliphatic carbocycles. The van der Waals surface area contributed by atoms with E-state index in [1.54, 1.807) is 0 Å². The van der Waals surface area contributed by atoms with Crippen molar-refractivity contribution < 1.29 is 0 Å². The number of nitrogens with zero attached hydrogens (tertiary/aromatic N) is 3. The Hall–Kier alpha value is -0.570. The maximum Gasteiger partial charge on any atom is 0.0489 e.